The number of amides is 2. The number of ether oxygens (including phenoxy) is 2. The van der Waals surface area contributed by atoms with Crippen molar-refractivity contribution >= 4 is 6.03 Å². The Kier molecular flexibility index (Phi) is 4.63. The molecule has 1 aliphatic rings. The first-order valence-electron chi connectivity index (χ1n) is 6.39. The van der Waals surface area contributed by atoms with E-state index in [1.807, 2.05) is 0 Å². The van der Waals surface area contributed by atoms with Gasteiger partial charge in [0.1, 0.15) is 6.04 Å². The first-order chi connectivity index (χ1) is 10.8. The largest absolute Gasteiger partial charge is 0.493 e. The number of hydrogen-bond donors (Lipinski definition) is 2. The van der Waals surface area contributed by atoms with Gasteiger partial charge in [0.15, 0.2) is 11.5 Å². The van der Waals surface area contributed by atoms with Crippen LogP contribution in [0.4, 0.5) is 13.6 Å². The molecule has 0 aliphatic carbocycles. The number of rotatable bonds is 5. The highest BCUT2D eigenvalue weighted by Gasteiger charge is 2.35. The molecule has 1 unspecified atom stereocenters. The molecule has 1 aliphatic heterocycles. The monoisotopic (exact) mass is 329 g/mol. The normalized spacial score (nSPS) is 17.6. The summed E-state index contributed by atoms with van der Waals surface area (Å²) < 4.78 is 33.9. The molecule has 2 rings (SSSR count). The fourth-order valence-electron chi connectivity index (χ4n) is 2.23. The number of urea groups is 1. The van der Waals surface area contributed by atoms with Gasteiger partial charge in [-0.3, -0.25) is 10.1 Å². The van der Waals surface area contributed by atoms with Crippen LogP contribution in [-0.2, 0) is 0 Å². The molecule has 1 atom stereocenters. The minimum absolute atomic E-state index is 0.0315. The van der Waals surface area contributed by atoms with Gasteiger partial charge in [0.05, 0.1) is 17.7 Å². The molecule has 0 spiro atoms. The fraction of sp³-hybridized carbons (Fsp3) is 0.308. The molecule has 0 radical (unpaired) electrons. The molecule has 2 N–H and O–H groups in total. The van der Waals surface area contributed by atoms with E-state index >= 15 is 0 Å². The SMILES string of the molecule is COc1cc(C2NC(=O)NC(C)=C2[N+](=O)[O-])ccc1OC(F)F. The van der Waals surface area contributed by atoms with Gasteiger partial charge in [-0.2, -0.15) is 8.78 Å². The molecule has 0 bridgehead atoms. The second-order valence-corrected chi connectivity index (χ2v) is 4.59. The standard InChI is InChI=1S/C13H13F2N3O5/c1-6-11(18(20)21)10(17-13(19)16-6)7-3-4-8(23-12(14)15)9(5-7)22-2/h3-5,10,12H,1-2H3,(H2,16,17,19). The molecule has 0 saturated heterocycles. The van der Waals surface area contributed by atoms with Gasteiger partial charge < -0.3 is 20.1 Å². The van der Waals surface area contributed by atoms with E-state index < -0.39 is 23.6 Å². The van der Waals surface area contributed by atoms with Crippen molar-refractivity contribution in [2.75, 3.05) is 7.11 Å². The van der Waals surface area contributed by atoms with Crippen LogP contribution < -0.4 is 20.1 Å². The predicted molar refractivity (Wildman–Crippen MR) is 73.7 cm³/mol. The summed E-state index contributed by atoms with van der Waals surface area (Å²) in [4.78, 5) is 22.2. The van der Waals surface area contributed by atoms with Crippen molar-refractivity contribution in [1.82, 2.24) is 10.6 Å². The van der Waals surface area contributed by atoms with Crippen molar-refractivity contribution in [1.29, 1.82) is 0 Å². The molecule has 0 saturated carbocycles. The Morgan fingerprint density at radius 2 is 2.04 bits per heavy atom. The molecule has 0 fully saturated rings. The van der Waals surface area contributed by atoms with Crippen LogP contribution in [0.5, 0.6) is 11.5 Å². The van der Waals surface area contributed by atoms with Gasteiger partial charge >= 0.3 is 12.6 Å². The van der Waals surface area contributed by atoms with E-state index in [4.69, 9.17) is 4.74 Å². The van der Waals surface area contributed by atoms with Crippen molar-refractivity contribution in [3.05, 3.63) is 45.3 Å². The van der Waals surface area contributed by atoms with Crippen LogP contribution in [0.1, 0.15) is 18.5 Å². The number of nitrogens with zero attached hydrogens (tertiary/aromatic N) is 1. The van der Waals surface area contributed by atoms with Crippen molar-refractivity contribution in [2.24, 2.45) is 0 Å². The van der Waals surface area contributed by atoms with Crippen LogP contribution in [0.3, 0.4) is 0 Å². The van der Waals surface area contributed by atoms with Crippen LogP contribution >= 0.6 is 0 Å². The number of methoxy groups -OCH3 is 1. The number of benzene rings is 1. The first kappa shape index (κ1) is 16.5. The van der Waals surface area contributed by atoms with Crippen molar-refractivity contribution in [2.45, 2.75) is 19.6 Å². The molecule has 1 heterocycles. The lowest BCUT2D eigenvalue weighted by Gasteiger charge is -2.24. The molecule has 23 heavy (non-hydrogen) atoms. The molecule has 0 aromatic heterocycles. The van der Waals surface area contributed by atoms with E-state index in [2.05, 4.69) is 15.4 Å². The van der Waals surface area contributed by atoms with Gasteiger partial charge in [0, 0.05) is 0 Å². The van der Waals surface area contributed by atoms with Gasteiger partial charge in [-0.05, 0) is 24.6 Å². The maximum absolute atomic E-state index is 12.3. The molecule has 124 valence electrons. The third kappa shape index (κ3) is 3.47. The van der Waals surface area contributed by atoms with Crippen LogP contribution in [-0.4, -0.2) is 24.7 Å². The number of carbonyl (C=O) groups excluding carboxylic acids is 1. The Hall–Kier alpha value is -2.91. The van der Waals surface area contributed by atoms with Gasteiger partial charge in [0.25, 0.3) is 5.70 Å². The Balaban J connectivity index is 2.45. The second-order valence-electron chi connectivity index (χ2n) is 4.59. The number of hydrogen-bond acceptors (Lipinski definition) is 5. The number of nitro groups is 1. The second kappa shape index (κ2) is 6.46. The Morgan fingerprint density at radius 1 is 1.35 bits per heavy atom. The Morgan fingerprint density at radius 3 is 2.61 bits per heavy atom. The highest BCUT2D eigenvalue weighted by molar-refractivity contribution is 5.78. The summed E-state index contributed by atoms with van der Waals surface area (Å²) in [6.45, 7) is -1.64. The molecule has 10 heteroatoms. The summed E-state index contributed by atoms with van der Waals surface area (Å²) in [5, 5.41) is 15.9. The van der Waals surface area contributed by atoms with E-state index in [1.165, 1.54) is 32.2 Å². The van der Waals surface area contributed by atoms with E-state index in [1.54, 1.807) is 0 Å². The molecular formula is C13H13F2N3O5. The third-order valence-electron chi connectivity index (χ3n) is 3.17. The maximum Gasteiger partial charge on any atom is 0.387 e. The van der Waals surface area contributed by atoms with E-state index in [0.29, 0.717) is 5.56 Å². The van der Waals surface area contributed by atoms with Crippen molar-refractivity contribution < 1.29 is 28.0 Å². The number of halogens is 2. The minimum Gasteiger partial charge on any atom is -0.493 e. The highest BCUT2D eigenvalue weighted by atomic mass is 19.3. The average Bonchev–Trinajstić information content (AvgIpc) is 2.45. The molecule has 8 nitrogen and oxygen atoms in total. The summed E-state index contributed by atoms with van der Waals surface area (Å²) in [7, 11) is 1.24. The smallest absolute Gasteiger partial charge is 0.387 e. The molecule has 1 aromatic rings. The summed E-state index contributed by atoms with van der Waals surface area (Å²) in [6, 6.07) is 2.18. The summed E-state index contributed by atoms with van der Waals surface area (Å²) >= 11 is 0. The molecular weight excluding hydrogens is 316 g/mol. The van der Waals surface area contributed by atoms with Gasteiger partial charge in [-0.1, -0.05) is 6.07 Å². The van der Waals surface area contributed by atoms with Crippen molar-refractivity contribution in [3.63, 3.8) is 0 Å². The summed E-state index contributed by atoms with van der Waals surface area (Å²) in [5.74, 6) is -0.245. The quantitative estimate of drug-likeness (QED) is 0.636. The van der Waals surface area contributed by atoms with Gasteiger partial charge in [-0.15, -0.1) is 0 Å². The van der Waals surface area contributed by atoms with Crippen LogP contribution in [0.25, 0.3) is 0 Å². The number of alkyl halides is 2. The van der Waals surface area contributed by atoms with Crippen LogP contribution in [0, 0.1) is 10.1 Å². The molecule has 1 aromatic carbocycles. The van der Waals surface area contributed by atoms with Crippen LogP contribution in [0.15, 0.2) is 29.6 Å². The average molecular weight is 329 g/mol. The maximum atomic E-state index is 12.3. The zero-order valence-electron chi connectivity index (χ0n) is 12.1. The first-order valence-corrected chi connectivity index (χ1v) is 6.39. The lowest BCUT2D eigenvalue weighted by molar-refractivity contribution is -0.432. The zero-order valence-corrected chi connectivity index (χ0v) is 12.1. The van der Waals surface area contributed by atoms with E-state index in [-0.39, 0.29) is 22.9 Å². The Bertz CT molecular complexity index is 678. The molecule has 2 amide bonds. The van der Waals surface area contributed by atoms with E-state index in [0.717, 1.165) is 0 Å². The van der Waals surface area contributed by atoms with Crippen LogP contribution in [0.2, 0.25) is 0 Å². The zero-order chi connectivity index (χ0) is 17.1. The van der Waals surface area contributed by atoms with E-state index in [9.17, 15) is 23.7 Å². The predicted octanol–water partition coefficient (Wildman–Crippen LogP) is 2.16. The third-order valence-corrected chi connectivity index (χ3v) is 3.17. The van der Waals surface area contributed by atoms with Crippen molar-refractivity contribution in [3.8, 4) is 11.5 Å². The summed E-state index contributed by atoms with van der Waals surface area (Å²) in [5.41, 5.74) is 0.133. The number of carbonyl (C=O) groups is 1. The lowest BCUT2D eigenvalue weighted by Crippen LogP contribution is -2.45. The minimum atomic E-state index is -3.04. The summed E-state index contributed by atoms with van der Waals surface area (Å²) in [6.07, 6.45) is 0. The van der Waals surface area contributed by atoms with Gasteiger partial charge in [0.2, 0.25) is 0 Å². The lowest BCUT2D eigenvalue weighted by atomic mass is 10.0. The fourth-order valence-corrected chi connectivity index (χ4v) is 2.23. The number of nitrogens with one attached hydrogen (secondary N) is 2. The highest BCUT2D eigenvalue weighted by Crippen LogP contribution is 2.34. The topological polar surface area (TPSA) is 103 Å². The Labute approximate surface area is 129 Å². The number of allylic oxidation sites excluding steroid dienone is 1. The van der Waals surface area contributed by atoms with Gasteiger partial charge in [-0.25, -0.2) is 4.79 Å².